The van der Waals surface area contributed by atoms with Gasteiger partial charge in [0.25, 0.3) is 5.89 Å². The molecule has 5 heteroatoms. The van der Waals surface area contributed by atoms with E-state index < -0.39 is 0 Å². The molecular formula is C14H13N3OS. The van der Waals surface area contributed by atoms with Crippen molar-refractivity contribution in [1.29, 1.82) is 0 Å². The molecule has 2 aromatic heterocycles. The van der Waals surface area contributed by atoms with Crippen molar-refractivity contribution in [1.82, 2.24) is 10.2 Å². The number of nitrogens with zero attached hydrogens (tertiary/aromatic N) is 2. The summed E-state index contributed by atoms with van der Waals surface area (Å²) in [5, 5.41) is 10.0. The van der Waals surface area contributed by atoms with Crippen LogP contribution in [0.15, 0.2) is 52.3 Å². The van der Waals surface area contributed by atoms with Crippen molar-refractivity contribution in [3.63, 3.8) is 0 Å². The number of thiophene rings is 1. The largest absolute Gasteiger partial charge is 0.418 e. The monoisotopic (exact) mass is 271 g/mol. The molecule has 0 saturated carbocycles. The first kappa shape index (κ1) is 12.1. The fraction of sp³-hybridized carbons (Fsp3) is 0.143. The average Bonchev–Trinajstić information content (AvgIpc) is 3.11. The summed E-state index contributed by atoms with van der Waals surface area (Å²) in [6.07, 6.45) is 0.687. The molecular weight excluding hydrogens is 258 g/mol. The third-order valence-corrected chi connectivity index (χ3v) is 3.65. The zero-order valence-electron chi connectivity index (χ0n) is 10.2. The maximum absolute atomic E-state index is 6.10. The quantitative estimate of drug-likeness (QED) is 0.792. The van der Waals surface area contributed by atoms with Crippen molar-refractivity contribution in [2.45, 2.75) is 12.5 Å². The minimum atomic E-state index is -0.274. The summed E-state index contributed by atoms with van der Waals surface area (Å²) in [4.78, 5) is 0.964. The van der Waals surface area contributed by atoms with E-state index in [1.54, 1.807) is 11.3 Å². The van der Waals surface area contributed by atoms with E-state index in [9.17, 15) is 0 Å². The van der Waals surface area contributed by atoms with Crippen LogP contribution in [0.5, 0.6) is 0 Å². The van der Waals surface area contributed by atoms with Crippen LogP contribution in [0.3, 0.4) is 0 Å². The van der Waals surface area contributed by atoms with E-state index in [1.165, 1.54) is 0 Å². The fourth-order valence-electron chi connectivity index (χ4n) is 1.84. The average molecular weight is 271 g/mol. The van der Waals surface area contributed by atoms with E-state index in [-0.39, 0.29) is 6.04 Å². The molecule has 0 aliphatic rings. The Bertz CT molecular complexity index is 634. The first-order valence-corrected chi connectivity index (χ1v) is 6.87. The van der Waals surface area contributed by atoms with Gasteiger partial charge in [-0.1, -0.05) is 36.4 Å². The van der Waals surface area contributed by atoms with Crippen LogP contribution in [0.2, 0.25) is 0 Å². The van der Waals surface area contributed by atoms with Gasteiger partial charge in [-0.3, -0.25) is 0 Å². The Morgan fingerprint density at radius 3 is 2.68 bits per heavy atom. The highest BCUT2D eigenvalue weighted by Crippen LogP contribution is 2.25. The minimum Gasteiger partial charge on any atom is -0.418 e. The summed E-state index contributed by atoms with van der Waals surface area (Å²) in [7, 11) is 0. The zero-order chi connectivity index (χ0) is 13.1. The normalized spacial score (nSPS) is 12.5. The van der Waals surface area contributed by atoms with Crippen molar-refractivity contribution in [3.8, 4) is 10.8 Å². The van der Waals surface area contributed by atoms with Crippen molar-refractivity contribution in [2.24, 2.45) is 5.73 Å². The summed E-state index contributed by atoms with van der Waals surface area (Å²) >= 11 is 1.57. The molecule has 2 N–H and O–H groups in total. The number of hydrogen-bond acceptors (Lipinski definition) is 5. The maximum Gasteiger partial charge on any atom is 0.257 e. The second-order valence-corrected chi connectivity index (χ2v) is 5.17. The third-order valence-electron chi connectivity index (χ3n) is 2.79. The molecule has 0 aliphatic carbocycles. The molecule has 1 unspecified atom stereocenters. The lowest BCUT2D eigenvalue weighted by Gasteiger charge is -2.06. The molecule has 96 valence electrons. The van der Waals surface area contributed by atoms with Gasteiger partial charge in [0.2, 0.25) is 5.89 Å². The van der Waals surface area contributed by atoms with E-state index >= 15 is 0 Å². The van der Waals surface area contributed by atoms with E-state index in [0.29, 0.717) is 18.2 Å². The highest BCUT2D eigenvalue weighted by atomic mass is 32.1. The van der Waals surface area contributed by atoms with E-state index in [0.717, 1.165) is 10.4 Å². The molecule has 3 aromatic rings. The van der Waals surface area contributed by atoms with Crippen LogP contribution in [0.25, 0.3) is 10.8 Å². The molecule has 4 nitrogen and oxygen atoms in total. The molecule has 0 spiro atoms. The number of hydrogen-bond donors (Lipinski definition) is 1. The molecule has 0 bridgehead atoms. The first-order valence-electron chi connectivity index (χ1n) is 6.00. The molecule has 0 amide bonds. The van der Waals surface area contributed by atoms with Crippen LogP contribution in [0.1, 0.15) is 17.5 Å². The van der Waals surface area contributed by atoms with Crippen LogP contribution in [-0.2, 0) is 6.42 Å². The van der Waals surface area contributed by atoms with Gasteiger partial charge < -0.3 is 10.2 Å². The smallest absolute Gasteiger partial charge is 0.257 e. The second-order valence-electron chi connectivity index (χ2n) is 4.22. The molecule has 0 radical (unpaired) electrons. The minimum absolute atomic E-state index is 0.274. The van der Waals surface area contributed by atoms with Crippen molar-refractivity contribution < 1.29 is 4.42 Å². The molecule has 3 rings (SSSR count). The van der Waals surface area contributed by atoms with Crippen LogP contribution in [0.4, 0.5) is 0 Å². The molecule has 1 aromatic carbocycles. The highest BCUT2D eigenvalue weighted by Gasteiger charge is 2.16. The molecule has 0 fully saturated rings. The van der Waals surface area contributed by atoms with Gasteiger partial charge in [0, 0.05) is 0 Å². The Labute approximate surface area is 114 Å². The summed E-state index contributed by atoms with van der Waals surface area (Å²) in [5.74, 6) is 1.01. The zero-order valence-corrected chi connectivity index (χ0v) is 11.0. The Hall–Kier alpha value is -1.98. The van der Waals surface area contributed by atoms with E-state index in [1.807, 2.05) is 47.8 Å². The Morgan fingerprint density at radius 1 is 1.11 bits per heavy atom. The van der Waals surface area contributed by atoms with E-state index in [4.69, 9.17) is 10.2 Å². The van der Waals surface area contributed by atoms with Gasteiger partial charge in [0.15, 0.2) is 0 Å². The lowest BCUT2D eigenvalue weighted by molar-refractivity contribution is 0.458. The number of nitrogens with two attached hydrogens (primary N) is 1. The molecule has 0 saturated heterocycles. The van der Waals surface area contributed by atoms with Crippen molar-refractivity contribution in [2.75, 3.05) is 0 Å². The van der Waals surface area contributed by atoms with Crippen LogP contribution in [-0.4, -0.2) is 10.2 Å². The SMILES string of the molecule is NC(Cc1ccccc1)c1nnc(-c2cccs2)o1. The summed E-state index contributed by atoms with van der Waals surface area (Å²) < 4.78 is 5.63. The maximum atomic E-state index is 6.10. The lowest BCUT2D eigenvalue weighted by atomic mass is 10.1. The van der Waals surface area contributed by atoms with Crippen LogP contribution < -0.4 is 5.73 Å². The van der Waals surface area contributed by atoms with Crippen molar-refractivity contribution >= 4 is 11.3 Å². The molecule has 0 aliphatic heterocycles. The standard InChI is InChI=1S/C14H13N3OS/c15-11(9-10-5-2-1-3-6-10)13-16-17-14(18-13)12-7-4-8-19-12/h1-8,11H,9,15H2. The van der Waals surface area contributed by atoms with Crippen LogP contribution in [0, 0.1) is 0 Å². The third kappa shape index (κ3) is 2.72. The fourth-order valence-corrected chi connectivity index (χ4v) is 2.48. The highest BCUT2D eigenvalue weighted by molar-refractivity contribution is 7.13. The number of rotatable bonds is 4. The first-order chi connectivity index (χ1) is 9.33. The van der Waals surface area contributed by atoms with Crippen LogP contribution >= 0.6 is 11.3 Å². The molecule has 19 heavy (non-hydrogen) atoms. The van der Waals surface area contributed by atoms with Gasteiger partial charge >= 0.3 is 0 Å². The van der Waals surface area contributed by atoms with Gasteiger partial charge in [-0.2, -0.15) is 0 Å². The van der Waals surface area contributed by atoms with Crippen molar-refractivity contribution in [3.05, 3.63) is 59.3 Å². The summed E-state index contributed by atoms with van der Waals surface area (Å²) in [6, 6.07) is 13.7. The molecule has 2 heterocycles. The topological polar surface area (TPSA) is 64.9 Å². The lowest BCUT2D eigenvalue weighted by Crippen LogP contribution is -2.13. The predicted molar refractivity (Wildman–Crippen MR) is 74.7 cm³/mol. The van der Waals surface area contributed by atoms with Gasteiger partial charge in [-0.25, -0.2) is 0 Å². The van der Waals surface area contributed by atoms with Gasteiger partial charge in [0.05, 0.1) is 10.9 Å². The second kappa shape index (κ2) is 5.34. The van der Waals surface area contributed by atoms with E-state index in [2.05, 4.69) is 10.2 Å². The van der Waals surface area contributed by atoms with Gasteiger partial charge in [0.1, 0.15) is 0 Å². The Kier molecular flexibility index (Phi) is 3.39. The number of benzene rings is 1. The Morgan fingerprint density at radius 2 is 1.95 bits per heavy atom. The summed E-state index contributed by atoms with van der Waals surface area (Å²) in [5.41, 5.74) is 7.26. The predicted octanol–water partition coefficient (Wildman–Crippen LogP) is 3.04. The van der Waals surface area contributed by atoms with Gasteiger partial charge in [-0.05, 0) is 23.4 Å². The molecule has 1 atom stereocenters. The number of aromatic nitrogens is 2. The van der Waals surface area contributed by atoms with Gasteiger partial charge in [-0.15, -0.1) is 21.5 Å². The Balaban J connectivity index is 1.76. The summed E-state index contributed by atoms with van der Waals surface area (Å²) in [6.45, 7) is 0.